The van der Waals surface area contributed by atoms with Crippen LogP contribution >= 0.6 is 0 Å². The van der Waals surface area contributed by atoms with Gasteiger partial charge in [0.25, 0.3) is 0 Å². The van der Waals surface area contributed by atoms with Crippen LogP contribution in [0.3, 0.4) is 0 Å². The maximum absolute atomic E-state index is 11.4. The molecular formula is C11H16N2O2. The number of rotatable bonds is 4. The summed E-state index contributed by atoms with van der Waals surface area (Å²) in [6.07, 6.45) is 6.07. The molecule has 0 saturated heterocycles. The standard InChI is InChI=1S/C11H16N2O2/c1-3-15-11(14)10-6-13(7-12-10)8(2)9-4-5-9/h6-9H,3-5H2,1-2H3/t8-/m0/s1. The summed E-state index contributed by atoms with van der Waals surface area (Å²) in [6.45, 7) is 4.35. The van der Waals surface area contributed by atoms with E-state index in [1.54, 1.807) is 19.4 Å². The fraction of sp³-hybridized carbons (Fsp3) is 0.636. The number of nitrogens with zero attached hydrogens (tertiary/aromatic N) is 2. The lowest BCUT2D eigenvalue weighted by Gasteiger charge is -2.10. The van der Waals surface area contributed by atoms with Crippen LogP contribution in [0.4, 0.5) is 0 Å². The summed E-state index contributed by atoms with van der Waals surface area (Å²) in [7, 11) is 0. The highest BCUT2D eigenvalue weighted by Gasteiger charge is 2.29. The third kappa shape index (κ3) is 2.19. The van der Waals surface area contributed by atoms with Gasteiger partial charge in [-0.05, 0) is 32.6 Å². The Bertz CT molecular complexity index is 355. The zero-order valence-corrected chi connectivity index (χ0v) is 9.14. The highest BCUT2D eigenvalue weighted by molar-refractivity contribution is 5.86. The van der Waals surface area contributed by atoms with Gasteiger partial charge in [-0.15, -0.1) is 0 Å². The Balaban J connectivity index is 2.05. The molecule has 0 aromatic carbocycles. The highest BCUT2D eigenvalue weighted by Crippen LogP contribution is 2.39. The predicted molar refractivity (Wildman–Crippen MR) is 55.6 cm³/mol. The van der Waals surface area contributed by atoms with E-state index in [1.165, 1.54) is 12.8 Å². The van der Waals surface area contributed by atoms with Crippen LogP contribution in [0, 0.1) is 5.92 Å². The van der Waals surface area contributed by atoms with Crippen molar-refractivity contribution in [3.05, 3.63) is 18.2 Å². The van der Waals surface area contributed by atoms with Gasteiger partial charge in [0.05, 0.1) is 12.9 Å². The summed E-state index contributed by atoms with van der Waals surface area (Å²) in [5.41, 5.74) is 0.407. The van der Waals surface area contributed by atoms with E-state index in [0.29, 0.717) is 18.3 Å². The maximum atomic E-state index is 11.4. The fourth-order valence-corrected chi connectivity index (χ4v) is 1.69. The molecule has 82 valence electrons. The summed E-state index contributed by atoms with van der Waals surface area (Å²) in [5.74, 6) is 0.425. The van der Waals surface area contributed by atoms with Crippen LogP contribution in [-0.2, 0) is 4.74 Å². The predicted octanol–water partition coefficient (Wildman–Crippen LogP) is 2.03. The second-order valence-electron chi connectivity index (χ2n) is 4.00. The molecule has 0 unspecified atom stereocenters. The van der Waals surface area contributed by atoms with Gasteiger partial charge in [-0.25, -0.2) is 9.78 Å². The summed E-state index contributed by atoms with van der Waals surface area (Å²) < 4.78 is 6.89. The molecule has 4 nitrogen and oxygen atoms in total. The number of carbonyl (C=O) groups is 1. The first kappa shape index (κ1) is 10.2. The van der Waals surface area contributed by atoms with Gasteiger partial charge in [-0.2, -0.15) is 0 Å². The quantitative estimate of drug-likeness (QED) is 0.711. The Labute approximate surface area is 89.3 Å². The molecule has 0 radical (unpaired) electrons. The lowest BCUT2D eigenvalue weighted by atomic mass is 10.2. The first-order valence-corrected chi connectivity index (χ1v) is 5.43. The van der Waals surface area contributed by atoms with Crippen LogP contribution in [0.15, 0.2) is 12.5 Å². The molecule has 0 amide bonds. The third-order valence-corrected chi connectivity index (χ3v) is 2.86. The molecule has 1 saturated carbocycles. The first-order valence-electron chi connectivity index (χ1n) is 5.43. The van der Waals surface area contributed by atoms with Gasteiger partial charge >= 0.3 is 5.97 Å². The minimum absolute atomic E-state index is 0.334. The van der Waals surface area contributed by atoms with E-state index in [1.807, 2.05) is 4.57 Å². The molecule has 1 fully saturated rings. The Morgan fingerprint density at radius 2 is 2.47 bits per heavy atom. The highest BCUT2D eigenvalue weighted by atomic mass is 16.5. The zero-order chi connectivity index (χ0) is 10.8. The molecule has 1 heterocycles. The molecule has 15 heavy (non-hydrogen) atoms. The van der Waals surface area contributed by atoms with Crippen molar-refractivity contribution in [2.45, 2.75) is 32.7 Å². The molecule has 1 aromatic rings. The first-order chi connectivity index (χ1) is 7.22. The van der Waals surface area contributed by atoms with Gasteiger partial charge in [0.15, 0.2) is 5.69 Å². The minimum atomic E-state index is -0.334. The van der Waals surface area contributed by atoms with Crippen molar-refractivity contribution in [1.82, 2.24) is 9.55 Å². The van der Waals surface area contributed by atoms with E-state index < -0.39 is 0 Å². The van der Waals surface area contributed by atoms with Crippen molar-refractivity contribution in [2.75, 3.05) is 6.61 Å². The molecule has 2 rings (SSSR count). The van der Waals surface area contributed by atoms with Gasteiger partial charge in [0.2, 0.25) is 0 Å². The topological polar surface area (TPSA) is 44.1 Å². The van der Waals surface area contributed by atoms with E-state index in [0.717, 1.165) is 5.92 Å². The van der Waals surface area contributed by atoms with E-state index in [9.17, 15) is 4.79 Å². The van der Waals surface area contributed by atoms with Gasteiger partial charge in [-0.3, -0.25) is 0 Å². The number of hydrogen-bond donors (Lipinski definition) is 0. The average Bonchev–Trinajstić information content (AvgIpc) is 2.95. The van der Waals surface area contributed by atoms with Crippen LogP contribution in [0.2, 0.25) is 0 Å². The SMILES string of the molecule is CCOC(=O)c1cn([C@@H](C)C2CC2)cn1. The Hall–Kier alpha value is -1.32. The number of hydrogen-bond acceptors (Lipinski definition) is 3. The van der Waals surface area contributed by atoms with Crippen LogP contribution in [0.1, 0.15) is 43.2 Å². The summed E-state index contributed by atoms with van der Waals surface area (Å²) in [5, 5.41) is 0. The molecule has 0 aliphatic heterocycles. The third-order valence-electron chi connectivity index (χ3n) is 2.86. The molecule has 4 heteroatoms. The summed E-state index contributed by atoms with van der Waals surface area (Å²) >= 11 is 0. The molecule has 1 aromatic heterocycles. The number of carbonyl (C=O) groups excluding carboxylic acids is 1. The average molecular weight is 208 g/mol. The zero-order valence-electron chi connectivity index (χ0n) is 9.14. The normalized spacial score (nSPS) is 17.5. The summed E-state index contributed by atoms with van der Waals surface area (Å²) in [4.78, 5) is 15.4. The van der Waals surface area contributed by atoms with Gasteiger partial charge in [-0.1, -0.05) is 0 Å². The minimum Gasteiger partial charge on any atom is -0.461 e. The second kappa shape index (κ2) is 4.04. The molecule has 0 N–H and O–H groups in total. The Morgan fingerprint density at radius 1 is 1.73 bits per heavy atom. The number of ether oxygens (including phenoxy) is 1. The van der Waals surface area contributed by atoms with Gasteiger partial charge in [0, 0.05) is 12.2 Å². The lowest BCUT2D eigenvalue weighted by Crippen LogP contribution is -2.06. The van der Waals surface area contributed by atoms with Gasteiger partial charge in [0.1, 0.15) is 0 Å². The van der Waals surface area contributed by atoms with Crippen LogP contribution in [0.5, 0.6) is 0 Å². The van der Waals surface area contributed by atoms with Crippen molar-refractivity contribution in [2.24, 2.45) is 5.92 Å². The van der Waals surface area contributed by atoms with Crippen molar-refractivity contribution in [3.8, 4) is 0 Å². The van der Waals surface area contributed by atoms with Crippen molar-refractivity contribution in [3.63, 3.8) is 0 Å². The summed E-state index contributed by atoms with van der Waals surface area (Å²) in [6, 6.07) is 0.445. The molecule has 1 atom stereocenters. The molecule has 1 aliphatic rings. The second-order valence-corrected chi connectivity index (χ2v) is 4.00. The fourth-order valence-electron chi connectivity index (χ4n) is 1.69. The van der Waals surface area contributed by atoms with E-state index in [-0.39, 0.29) is 5.97 Å². The number of imidazole rings is 1. The molecule has 0 spiro atoms. The van der Waals surface area contributed by atoms with Crippen molar-refractivity contribution >= 4 is 5.97 Å². The smallest absolute Gasteiger partial charge is 0.358 e. The van der Waals surface area contributed by atoms with Gasteiger partial charge < -0.3 is 9.30 Å². The maximum Gasteiger partial charge on any atom is 0.358 e. The Morgan fingerprint density at radius 3 is 3.07 bits per heavy atom. The molecule has 0 bridgehead atoms. The van der Waals surface area contributed by atoms with Crippen LogP contribution in [-0.4, -0.2) is 22.1 Å². The Kier molecular flexibility index (Phi) is 2.75. The largest absolute Gasteiger partial charge is 0.461 e. The number of aromatic nitrogens is 2. The van der Waals surface area contributed by atoms with Crippen molar-refractivity contribution in [1.29, 1.82) is 0 Å². The van der Waals surface area contributed by atoms with Crippen molar-refractivity contribution < 1.29 is 9.53 Å². The van der Waals surface area contributed by atoms with Crippen LogP contribution in [0.25, 0.3) is 0 Å². The lowest BCUT2D eigenvalue weighted by molar-refractivity contribution is 0.0520. The van der Waals surface area contributed by atoms with Crippen LogP contribution < -0.4 is 0 Å². The number of esters is 1. The van der Waals surface area contributed by atoms with E-state index in [2.05, 4.69) is 11.9 Å². The molecule has 1 aliphatic carbocycles. The molecular weight excluding hydrogens is 192 g/mol. The van der Waals surface area contributed by atoms with E-state index in [4.69, 9.17) is 4.74 Å². The van der Waals surface area contributed by atoms with E-state index >= 15 is 0 Å². The monoisotopic (exact) mass is 208 g/mol.